The maximum atomic E-state index is 10.7. The van der Waals surface area contributed by atoms with Crippen molar-refractivity contribution >= 4 is 17.6 Å². The topological polar surface area (TPSA) is 50.2 Å². The second-order valence-corrected chi connectivity index (χ2v) is 2.68. The molecule has 4 heteroatoms. The Bertz CT molecular complexity index is 312. The molecular formula is C8H8ClNO2. The number of hydrogen-bond acceptors (Lipinski definition) is 2. The van der Waals surface area contributed by atoms with Gasteiger partial charge in [-0.15, -0.1) is 0 Å². The van der Waals surface area contributed by atoms with Gasteiger partial charge in [0, 0.05) is 6.20 Å². The summed E-state index contributed by atoms with van der Waals surface area (Å²) in [6, 6.07) is 1.48. The van der Waals surface area contributed by atoms with Crippen molar-refractivity contribution in [3.8, 4) is 0 Å². The molecular weight excluding hydrogens is 178 g/mol. The van der Waals surface area contributed by atoms with Crippen molar-refractivity contribution < 1.29 is 9.90 Å². The molecule has 0 aliphatic carbocycles. The monoisotopic (exact) mass is 185 g/mol. The van der Waals surface area contributed by atoms with Crippen LogP contribution in [0.25, 0.3) is 0 Å². The van der Waals surface area contributed by atoms with Gasteiger partial charge < -0.3 is 5.11 Å². The number of carbonyl (C=O) groups is 1. The fourth-order valence-corrected chi connectivity index (χ4v) is 1.22. The molecule has 0 aliphatic heterocycles. The van der Waals surface area contributed by atoms with Crippen molar-refractivity contribution in [2.24, 2.45) is 0 Å². The van der Waals surface area contributed by atoms with Gasteiger partial charge in [-0.2, -0.15) is 0 Å². The highest BCUT2D eigenvalue weighted by Crippen LogP contribution is 2.18. The van der Waals surface area contributed by atoms with E-state index in [-0.39, 0.29) is 10.6 Å². The molecule has 64 valence electrons. The van der Waals surface area contributed by atoms with Crippen LogP contribution >= 0.6 is 11.6 Å². The lowest BCUT2D eigenvalue weighted by Crippen LogP contribution is -2.04. The number of aromatic carboxylic acids is 1. The standard InChI is InChI=1S/C8H8ClNO2/c1-2-6-7(8(11)12)5(9)3-4-10-6/h3-4H,2H2,1H3,(H,11,12). The smallest absolute Gasteiger partial charge is 0.339 e. The molecule has 0 radical (unpaired) electrons. The fraction of sp³-hybridized carbons (Fsp3) is 0.250. The summed E-state index contributed by atoms with van der Waals surface area (Å²) >= 11 is 5.68. The van der Waals surface area contributed by atoms with Crippen molar-refractivity contribution in [2.75, 3.05) is 0 Å². The van der Waals surface area contributed by atoms with E-state index in [2.05, 4.69) is 4.98 Å². The van der Waals surface area contributed by atoms with Gasteiger partial charge in [-0.05, 0) is 12.5 Å². The number of rotatable bonds is 2. The largest absolute Gasteiger partial charge is 0.478 e. The zero-order valence-corrected chi connectivity index (χ0v) is 7.30. The zero-order chi connectivity index (χ0) is 9.14. The lowest BCUT2D eigenvalue weighted by atomic mass is 10.1. The summed E-state index contributed by atoms with van der Waals surface area (Å²) in [6.45, 7) is 1.84. The van der Waals surface area contributed by atoms with Crippen LogP contribution in [0.2, 0.25) is 5.02 Å². The molecule has 1 N–H and O–H groups in total. The van der Waals surface area contributed by atoms with E-state index in [9.17, 15) is 4.79 Å². The van der Waals surface area contributed by atoms with E-state index in [4.69, 9.17) is 16.7 Å². The van der Waals surface area contributed by atoms with E-state index in [1.54, 1.807) is 0 Å². The highest BCUT2D eigenvalue weighted by Gasteiger charge is 2.13. The van der Waals surface area contributed by atoms with Crippen molar-refractivity contribution in [1.82, 2.24) is 4.98 Å². The van der Waals surface area contributed by atoms with Crippen LogP contribution in [0.5, 0.6) is 0 Å². The average Bonchev–Trinajstić information content (AvgIpc) is 2.03. The van der Waals surface area contributed by atoms with Crippen LogP contribution in [-0.2, 0) is 6.42 Å². The highest BCUT2D eigenvalue weighted by molar-refractivity contribution is 6.33. The van der Waals surface area contributed by atoms with Gasteiger partial charge >= 0.3 is 5.97 Å². The number of aromatic nitrogens is 1. The molecule has 0 bridgehead atoms. The molecule has 0 saturated heterocycles. The molecule has 0 saturated carbocycles. The SMILES string of the molecule is CCc1nccc(Cl)c1C(=O)O. The van der Waals surface area contributed by atoms with Crippen LogP contribution in [0, 0.1) is 0 Å². The Balaban J connectivity index is 3.29. The van der Waals surface area contributed by atoms with Gasteiger partial charge in [0.1, 0.15) is 0 Å². The Hall–Kier alpha value is -1.09. The number of halogens is 1. The molecule has 12 heavy (non-hydrogen) atoms. The summed E-state index contributed by atoms with van der Waals surface area (Å²) in [6.07, 6.45) is 2.08. The summed E-state index contributed by atoms with van der Waals surface area (Å²) in [5.41, 5.74) is 0.636. The number of nitrogens with zero attached hydrogens (tertiary/aromatic N) is 1. The third-order valence-corrected chi connectivity index (χ3v) is 1.84. The minimum atomic E-state index is -1.02. The van der Waals surface area contributed by atoms with E-state index in [1.165, 1.54) is 12.3 Å². The molecule has 1 aromatic heterocycles. The number of hydrogen-bond donors (Lipinski definition) is 1. The van der Waals surface area contributed by atoms with Gasteiger partial charge in [0.25, 0.3) is 0 Å². The first-order valence-corrected chi connectivity index (χ1v) is 3.91. The second kappa shape index (κ2) is 3.54. The average molecular weight is 186 g/mol. The fourth-order valence-electron chi connectivity index (χ4n) is 0.972. The molecule has 0 amide bonds. The molecule has 3 nitrogen and oxygen atoms in total. The van der Waals surface area contributed by atoms with Gasteiger partial charge in [-0.3, -0.25) is 4.98 Å². The highest BCUT2D eigenvalue weighted by atomic mass is 35.5. The third kappa shape index (κ3) is 1.56. The van der Waals surface area contributed by atoms with Crippen molar-refractivity contribution in [2.45, 2.75) is 13.3 Å². The van der Waals surface area contributed by atoms with Gasteiger partial charge in [0.05, 0.1) is 16.3 Å². The lowest BCUT2D eigenvalue weighted by molar-refractivity contribution is 0.0695. The summed E-state index contributed by atoms with van der Waals surface area (Å²) in [4.78, 5) is 14.6. The normalized spacial score (nSPS) is 9.83. The van der Waals surface area contributed by atoms with Crippen molar-refractivity contribution in [3.05, 3.63) is 28.5 Å². The predicted molar refractivity (Wildman–Crippen MR) is 45.6 cm³/mol. The maximum Gasteiger partial charge on any atom is 0.339 e. The predicted octanol–water partition coefficient (Wildman–Crippen LogP) is 2.00. The molecule has 0 aliphatic rings. The first kappa shape index (κ1) is 9.00. The Labute approximate surface area is 75.0 Å². The summed E-state index contributed by atoms with van der Waals surface area (Å²) < 4.78 is 0. The summed E-state index contributed by atoms with van der Waals surface area (Å²) in [7, 11) is 0. The zero-order valence-electron chi connectivity index (χ0n) is 6.54. The molecule has 1 heterocycles. The molecule has 0 atom stereocenters. The van der Waals surface area contributed by atoms with E-state index in [1.807, 2.05) is 6.92 Å². The number of pyridine rings is 1. The van der Waals surface area contributed by atoms with Crippen LogP contribution in [-0.4, -0.2) is 16.1 Å². The van der Waals surface area contributed by atoms with Crippen LogP contribution < -0.4 is 0 Å². The molecule has 0 fully saturated rings. The minimum absolute atomic E-state index is 0.113. The van der Waals surface area contributed by atoms with Crippen LogP contribution in [0.15, 0.2) is 12.3 Å². The van der Waals surface area contributed by atoms with Crippen molar-refractivity contribution in [3.63, 3.8) is 0 Å². The van der Waals surface area contributed by atoms with E-state index in [0.29, 0.717) is 12.1 Å². The minimum Gasteiger partial charge on any atom is -0.478 e. The molecule has 0 unspecified atom stereocenters. The first-order valence-electron chi connectivity index (χ1n) is 3.53. The molecule has 0 aromatic carbocycles. The first-order chi connectivity index (χ1) is 5.66. The Morgan fingerprint density at radius 3 is 2.83 bits per heavy atom. The van der Waals surface area contributed by atoms with E-state index in [0.717, 1.165) is 0 Å². The van der Waals surface area contributed by atoms with Gasteiger partial charge in [0.15, 0.2) is 0 Å². The number of aryl methyl sites for hydroxylation is 1. The number of carboxylic acids is 1. The van der Waals surface area contributed by atoms with E-state index < -0.39 is 5.97 Å². The van der Waals surface area contributed by atoms with E-state index >= 15 is 0 Å². The molecule has 1 aromatic rings. The van der Waals surface area contributed by atoms with Gasteiger partial charge in [-0.1, -0.05) is 18.5 Å². The summed E-state index contributed by atoms with van der Waals surface area (Å²) in [5.74, 6) is -1.02. The van der Waals surface area contributed by atoms with Crippen LogP contribution in [0.3, 0.4) is 0 Å². The Morgan fingerprint density at radius 2 is 2.42 bits per heavy atom. The molecule has 0 spiro atoms. The maximum absolute atomic E-state index is 10.7. The number of carboxylic acid groups (broad SMARTS) is 1. The van der Waals surface area contributed by atoms with Gasteiger partial charge in [0.2, 0.25) is 0 Å². The lowest BCUT2D eigenvalue weighted by Gasteiger charge is -2.02. The second-order valence-electron chi connectivity index (χ2n) is 2.27. The molecule has 1 rings (SSSR count). The third-order valence-electron chi connectivity index (χ3n) is 1.53. The van der Waals surface area contributed by atoms with Crippen molar-refractivity contribution in [1.29, 1.82) is 0 Å². The quantitative estimate of drug-likeness (QED) is 0.767. The van der Waals surface area contributed by atoms with Crippen LogP contribution in [0.4, 0.5) is 0 Å². The Morgan fingerprint density at radius 1 is 1.75 bits per heavy atom. The van der Waals surface area contributed by atoms with Crippen LogP contribution in [0.1, 0.15) is 23.0 Å². The Kier molecular flexibility index (Phi) is 2.65. The van der Waals surface area contributed by atoms with Gasteiger partial charge in [-0.25, -0.2) is 4.79 Å². The summed E-state index contributed by atoms with van der Waals surface area (Å²) in [5, 5.41) is 9.00.